The van der Waals surface area contributed by atoms with Crippen LogP contribution in [0.2, 0.25) is 0 Å². The van der Waals surface area contributed by atoms with E-state index in [2.05, 4.69) is 4.90 Å². The standard InChI is InChI=1S/C15H20FN3OS/c1-10-3-4-13(16)12(9-10)15(20)19-7-5-18(6-8-19)11(2)14(17)21/h3-4,9,11H,5-8H2,1-2H3,(H2,17,21). The van der Waals surface area contributed by atoms with Crippen LogP contribution in [0, 0.1) is 12.7 Å². The fourth-order valence-electron chi connectivity index (χ4n) is 2.47. The van der Waals surface area contributed by atoms with Crippen LogP contribution in [0.1, 0.15) is 22.8 Å². The topological polar surface area (TPSA) is 49.6 Å². The summed E-state index contributed by atoms with van der Waals surface area (Å²) in [5, 5.41) is 0. The first-order chi connectivity index (χ1) is 9.90. The summed E-state index contributed by atoms with van der Waals surface area (Å²) < 4.78 is 13.8. The zero-order valence-corrected chi connectivity index (χ0v) is 13.1. The molecule has 1 aliphatic rings. The Morgan fingerprint density at radius 2 is 1.95 bits per heavy atom. The summed E-state index contributed by atoms with van der Waals surface area (Å²) in [6, 6.07) is 4.62. The first-order valence-electron chi connectivity index (χ1n) is 6.99. The van der Waals surface area contributed by atoms with Crippen molar-refractivity contribution in [3.8, 4) is 0 Å². The maximum Gasteiger partial charge on any atom is 0.256 e. The van der Waals surface area contributed by atoms with Crippen LogP contribution >= 0.6 is 12.2 Å². The van der Waals surface area contributed by atoms with E-state index in [0.29, 0.717) is 31.2 Å². The average Bonchev–Trinajstić information content (AvgIpc) is 2.48. The molecule has 2 N–H and O–H groups in total. The van der Waals surface area contributed by atoms with E-state index in [1.807, 2.05) is 13.8 Å². The zero-order valence-electron chi connectivity index (χ0n) is 12.3. The molecule has 0 radical (unpaired) electrons. The Morgan fingerprint density at radius 3 is 2.52 bits per heavy atom. The minimum atomic E-state index is -0.468. The highest BCUT2D eigenvalue weighted by atomic mass is 32.1. The number of amides is 1. The molecule has 1 saturated heterocycles. The monoisotopic (exact) mass is 309 g/mol. The summed E-state index contributed by atoms with van der Waals surface area (Å²) in [6.45, 7) is 6.30. The second kappa shape index (κ2) is 6.49. The van der Waals surface area contributed by atoms with Gasteiger partial charge in [0.2, 0.25) is 0 Å². The number of carbonyl (C=O) groups is 1. The van der Waals surface area contributed by atoms with E-state index in [9.17, 15) is 9.18 Å². The molecule has 1 amide bonds. The van der Waals surface area contributed by atoms with E-state index in [-0.39, 0.29) is 17.5 Å². The highest BCUT2D eigenvalue weighted by molar-refractivity contribution is 7.80. The van der Waals surface area contributed by atoms with E-state index in [1.165, 1.54) is 6.07 Å². The minimum absolute atomic E-state index is 0.0213. The van der Waals surface area contributed by atoms with E-state index >= 15 is 0 Å². The Balaban J connectivity index is 2.03. The Hall–Kier alpha value is -1.53. The van der Waals surface area contributed by atoms with Gasteiger partial charge in [-0.05, 0) is 26.0 Å². The number of rotatable bonds is 3. The van der Waals surface area contributed by atoms with Crippen molar-refractivity contribution in [2.24, 2.45) is 5.73 Å². The number of hydrogen-bond donors (Lipinski definition) is 1. The summed E-state index contributed by atoms with van der Waals surface area (Å²) in [7, 11) is 0. The van der Waals surface area contributed by atoms with Gasteiger partial charge in [-0.15, -0.1) is 0 Å². The molecule has 1 atom stereocenters. The van der Waals surface area contributed by atoms with Gasteiger partial charge in [-0.2, -0.15) is 0 Å². The molecule has 2 rings (SSSR count). The Labute approximate surface area is 129 Å². The van der Waals surface area contributed by atoms with Crippen LogP contribution in [0.15, 0.2) is 18.2 Å². The van der Waals surface area contributed by atoms with Crippen LogP contribution in [0.25, 0.3) is 0 Å². The van der Waals surface area contributed by atoms with Crippen LogP contribution in [-0.4, -0.2) is 52.9 Å². The third-order valence-electron chi connectivity index (χ3n) is 3.91. The molecule has 21 heavy (non-hydrogen) atoms. The molecule has 0 spiro atoms. The number of piperazine rings is 1. The molecule has 6 heteroatoms. The molecule has 1 aliphatic heterocycles. The minimum Gasteiger partial charge on any atom is -0.392 e. The molecule has 4 nitrogen and oxygen atoms in total. The van der Waals surface area contributed by atoms with Gasteiger partial charge < -0.3 is 10.6 Å². The van der Waals surface area contributed by atoms with Crippen molar-refractivity contribution in [1.29, 1.82) is 0 Å². The normalized spacial score (nSPS) is 17.6. The van der Waals surface area contributed by atoms with Gasteiger partial charge in [0.25, 0.3) is 5.91 Å². The van der Waals surface area contributed by atoms with Crippen molar-refractivity contribution < 1.29 is 9.18 Å². The third-order valence-corrected chi connectivity index (χ3v) is 4.25. The average molecular weight is 309 g/mol. The number of benzene rings is 1. The van der Waals surface area contributed by atoms with Crippen molar-refractivity contribution in [3.05, 3.63) is 35.1 Å². The van der Waals surface area contributed by atoms with Crippen molar-refractivity contribution in [1.82, 2.24) is 9.80 Å². The fourth-order valence-corrected chi connectivity index (χ4v) is 2.61. The number of nitrogens with two attached hydrogens (primary N) is 1. The first-order valence-corrected chi connectivity index (χ1v) is 7.39. The van der Waals surface area contributed by atoms with Gasteiger partial charge in [0, 0.05) is 26.2 Å². The molecule has 0 aromatic heterocycles. The number of halogens is 1. The van der Waals surface area contributed by atoms with Crippen LogP contribution < -0.4 is 5.73 Å². The van der Waals surface area contributed by atoms with Crippen LogP contribution in [0.5, 0.6) is 0 Å². The molecular formula is C15H20FN3OS. The third kappa shape index (κ3) is 3.57. The smallest absolute Gasteiger partial charge is 0.256 e. The van der Waals surface area contributed by atoms with Gasteiger partial charge in [-0.1, -0.05) is 23.8 Å². The second-order valence-electron chi connectivity index (χ2n) is 5.39. The highest BCUT2D eigenvalue weighted by Gasteiger charge is 2.26. The van der Waals surface area contributed by atoms with Crippen LogP contribution in [0.3, 0.4) is 0 Å². The van der Waals surface area contributed by atoms with Crippen molar-refractivity contribution in [3.63, 3.8) is 0 Å². The lowest BCUT2D eigenvalue weighted by Gasteiger charge is -2.37. The van der Waals surface area contributed by atoms with E-state index in [1.54, 1.807) is 17.0 Å². The number of aryl methyl sites for hydroxylation is 1. The van der Waals surface area contributed by atoms with E-state index in [0.717, 1.165) is 5.56 Å². The molecule has 0 saturated carbocycles. The molecule has 114 valence electrons. The van der Waals surface area contributed by atoms with Gasteiger partial charge in [0.1, 0.15) is 5.82 Å². The Morgan fingerprint density at radius 1 is 1.33 bits per heavy atom. The Kier molecular flexibility index (Phi) is 4.90. The maximum atomic E-state index is 13.8. The lowest BCUT2D eigenvalue weighted by Crippen LogP contribution is -2.54. The predicted octanol–water partition coefficient (Wildman–Crippen LogP) is 1.57. The van der Waals surface area contributed by atoms with Gasteiger partial charge in [-0.25, -0.2) is 4.39 Å². The highest BCUT2D eigenvalue weighted by Crippen LogP contribution is 2.15. The summed E-state index contributed by atoms with van der Waals surface area (Å²) in [5.74, 6) is -0.719. The SMILES string of the molecule is Cc1ccc(F)c(C(=O)N2CCN(C(C)C(N)=S)CC2)c1. The molecule has 1 aromatic carbocycles. The van der Waals surface area contributed by atoms with Gasteiger partial charge in [-0.3, -0.25) is 9.69 Å². The first kappa shape index (κ1) is 15.9. The number of thiocarbonyl (C=S) groups is 1. The maximum absolute atomic E-state index is 13.8. The summed E-state index contributed by atoms with van der Waals surface area (Å²) >= 11 is 4.99. The molecular weight excluding hydrogens is 289 g/mol. The van der Waals surface area contributed by atoms with Crippen LogP contribution in [0.4, 0.5) is 4.39 Å². The number of carbonyl (C=O) groups excluding carboxylic acids is 1. The quantitative estimate of drug-likeness (QED) is 0.861. The van der Waals surface area contributed by atoms with Crippen LogP contribution in [-0.2, 0) is 0 Å². The van der Waals surface area contributed by atoms with Crippen molar-refractivity contribution in [2.45, 2.75) is 19.9 Å². The molecule has 0 bridgehead atoms. The second-order valence-corrected chi connectivity index (χ2v) is 5.86. The summed E-state index contributed by atoms with van der Waals surface area (Å²) in [5.41, 5.74) is 6.67. The summed E-state index contributed by atoms with van der Waals surface area (Å²) in [4.78, 5) is 16.7. The lowest BCUT2D eigenvalue weighted by atomic mass is 10.1. The van der Waals surface area contributed by atoms with Gasteiger partial charge in [0.05, 0.1) is 16.6 Å². The zero-order chi connectivity index (χ0) is 15.6. The van der Waals surface area contributed by atoms with Gasteiger partial charge >= 0.3 is 0 Å². The molecule has 1 aromatic rings. The summed E-state index contributed by atoms with van der Waals surface area (Å²) in [6.07, 6.45) is 0. The number of nitrogens with zero attached hydrogens (tertiary/aromatic N) is 2. The van der Waals surface area contributed by atoms with E-state index < -0.39 is 5.82 Å². The largest absolute Gasteiger partial charge is 0.392 e. The molecule has 1 heterocycles. The van der Waals surface area contributed by atoms with Crippen molar-refractivity contribution >= 4 is 23.1 Å². The molecule has 1 unspecified atom stereocenters. The molecule has 1 fully saturated rings. The number of hydrogen-bond acceptors (Lipinski definition) is 3. The predicted molar refractivity (Wildman–Crippen MR) is 84.9 cm³/mol. The van der Waals surface area contributed by atoms with Gasteiger partial charge in [0.15, 0.2) is 0 Å². The lowest BCUT2D eigenvalue weighted by molar-refractivity contribution is 0.0617. The van der Waals surface area contributed by atoms with E-state index in [4.69, 9.17) is 18.0 Å². The fraction of sp³-hybridized carbons (Fsp3) is 0.467. The van der Waals surface area contributed by atoms with Crippen molar-refractivity contribution in [2.75, 3.05) is 26.2 Å². The Bertz CT molecular complexity index is 556. The molecule has 0 aliphatic carbocycles.